The zero-order valence-electron chi connectivity index (χ0n) is 32.8. The number of fused-ring (bicyclic) bond motifs is 20. The maximum atomic E-state index is 4.62. The van der Waals surface area contributed by atoms with Crippen LogP contribution in [0.4, 0.5) is 0 Å². The molecule has 0 unspecified atom stereocenters. The van der Waals surface area contributed by atoms with E-state index < -0.39 is 0 Å². The number of hydrogen-bond acceptors (Lipinski definition) is 2. The molecule has 3 aromatic rings. The number of nitrogens with one attached hydrogen (secondary N) is 2. The molecule has 56 heavy (non-hydrogen) atoms. The summed E-state index contributed by atoms with van der Waals surface area (Å²) in [6, 6.07) is 16.4. The van der Waals surface area contributed by atoms with E-state index in [1.807, 2.05) is 42.5 Å². The summed E-state index contributed by atoms with van der Waals surface area (Å²) in [5.41, 5.74) is 21.2. The maximum Gasteiger partial charge on any atom is 0.0659 e. The van der Waals surface area contributed by atoms with E-state index in [4.69, 9.17) is 0 Å². The lowest BCUT2D eigenvalue weighted by Crippen LogP contribution is -2.01. The summed E-state index contributed by atoms with van der Waals surface area (Å²) < 4.78 is 0. The molecule has 12 aliphatic carbocycles. The molecule has 0 radical (unpaired) electrons. The molecule has 2 aliphatic heterocycles. The van der Waals surface area contributed by atoms with Crippen LogP contribution >= 0.6 is 0 Å². The molecule has 4 saturated carbocycles. The van der Waals surface area contributed by atoms with Crippen LogP contribution in [-0.2, 0) is 0 Å². The van der Waals surface area contributed by atoms with Crippen LogP contribution in [0.15, 0.2) is 142 Å². The fourth-order valence-corrected chi connectivity index (χ4v) is 8.79. The normalized spacial score (nSPS) is 19.7. The summed E-state index contributed by atoms with van der Waals surface area (Å²) >= 11 is 0. The van der Waals surface area contributed by atoms with Gasteiger partial charge in [0, 0.05) is 22.1 Å². The first-order chi connectivity index (χ1) is 27.6. The van der Waals surface area contributed by atoms with E-state index in [1.54, 1.807) is 44.6 Å². The smallest absolute Gasteiger partial charge is 0.0659 e. The minimum atomic E-state index is 0.915. The molecule has 5 heterocycles. The SMILES string of the molecule is C1=C2CCC(=C1)CC2.C1=C2CCC(=C1)CC2.C1=C2CCC(=C1)CC2.C1=C2CCC(=C1)CC2.C1=Cc2cc3ccc(cc4ccc(cc5nc(cc1n2)C=C5)[nH]4)[nH]3. The molecule has 4 nitrogen and oxygen atoms in total. The minimum Gasteiger partial charge on any atom is -0.355 e. The third-order valence-corrected chi connectivity index (χ3v) is 12.4. The number of nitrogens with zero attached hydrogens (tertiary/aromatic N) is 2. The van der Waals surface area contributed by atoms with Gasteiger partial charge in [-0.2, -0.15) is 0 Å². The van der Waals surface area contributed by atoms with Crippen molar-refractivity contribution in [1.29, 1.82) is 0 Å². The standard InChI is InChI=1S/C20H14N4.4C8H10/c1-2-14-10-16-5-6-18(23-16)12-20-8-7-19(24-20)11-17-4-3-15(22-17)9-13(1)21-14;4*1-2-8-5-3-7(1)4-6-8/h1-12,21-22H;4*1-2H,3-6H2. The predicted octanol–water partition coefficient (Wildman–Crippen LogP) is 14.4. The summed E-state index contributed by atoms with van der Waals surface area (Å²) in [6.45, 7) is 0. The maximum absolute atomic E-state index is 4.62. The minimum absolute atomic E-state index is 0.915. The number of aromatic amines is 2. The van der Waals surface area contributed by atoms with Gasteiger partial charge in [-0.05, 0) is 176 Å². The van der Waals surface area contributed by atoms with E-state index in [1.165, 1.54) is 103 Å². The second kappa shape index (κ2) is 17.1. The van der Waals surface area contributed by atoms with Gasteiger partial charge in [-0.15, -0.1) is 0 Å². The highest BCUT2D eigenvalue weighted by molar-refractivity contribution is 5.77. The van der Waals surface area contributed by atoms with E-state index in [-0.39, 0.29) is 0 Å². The Morgan fingerprint density at radius 3 is 0.696 bits per heavy atom. The van der Waals surface area contributed by atoms with E-state index in [0.717, 1.165) is 44.8 Å². The van der Waals surface area contributed by atoms with E-state index in [2.05, 4.69) is 98.9 Å². The zero-order chi connectivity index (χ0) is 37.5. The average Bonchev–Trinajstić information content (AvgIpc) is 4.12. The Hall–Kier alpha value is -5.48. The van der Waals surface area contributed by atoms with Gasteiger partial charge in [0.1, 0.15) is 0 Å². The fourth-order valence-electron chi connectivity index (χ4n) is 8.79. The quantitative estimate of drug-likeness (QED) is 0.166. The Morgan fingerprint density at radius 2 is 0.482 bits per heavy atom. The molecular formula is C52H54N4. The van der Waals surface area contributed by atoms with Gasteiger partial charge >= 0.3 is 0 Å². The number of rotatable bonds is 0. The van der Waals surface area contributed by atoms with Crippen molar-refractivity contribution >= 4 is 46.4 Å². The van der Waals surface area contributed by atoms with Crippen LogP contribution in [0, 0.1) is 0 Å². The molecule has 0 saturated heterocycles. The lowest BCUT2D eigenvalue weighted by molar-refractivity contribution is 0.712. The van der Waals surface area contributed by atoms with Crippen molar-refractivity contribution in [3.05, 3.63) is 164 Å². The van der Waals surface area contributed by atoms with Crippen molar-refractivity contribution in [3.8, 4) is 0 Å². The van der Waals surface area contributed by atoms with Crippen LogP contribution < -0.4 is 0 Å². The fraction of sp³-hybridized carbons (Fsp3) is 0.308. The Balaban J connectivity index is 0.000000104. The molecule has 3 aromatic heterocycles. The second-order valence-electron chi connectivity index (χ2n) is 16.5. The third-order valence-electron chi connectivity index (χ3n) is 12.4. The Labute approximate surface area is 332 Å². The average molecular weight is 735 g/mol. The van der Waals surface area contributed by atoms with Gasteiger partial charge in [-0.1, -0.05) is 93.2 Å². The lowest BCUT2D eigenvalue weighted by atomic mass is 9.85. The Morgan fingerprint density at radius 1 is 0.268 bits per heavy atom. The predicted molar refractivity (Wildman–Crippen MR) is 237 cm³/mol. The van der Waals surface area contributed by atoms with Crippen LogP contribution in [0.1, 0.15) is 126 Å². The van der Waals surface area contributed by atoms with Gasteiger partial charge in [0.25, 0.3) is 0 Å². The molecule has 17 rings (SSSR count). The van der Waals surface area contributed by atoms with Gasteiger partial charge in [0.2, 0.25) is 0 Å². The molecule has 0 atom stereocenters. The van der Waals surface area contributed by atoms with Gasteiger partial charge in [0.05, 0.1) is 22.8 Å². The largest absolute Gasteiger partial charge is 0.355 e. The highest BCUT2D eigenvalue weighted by atomic mass is 14.8. The number of hydrogen-bond donors (Lipinski definition) is 2. The summed E-state index contributed by atoms with van der Waals surface area (Å²) in [7, 11) is 0. The number of aromatic nitrogens is 4. The molecule has 14 aliphatic rings. The van der Waals surface area contributed by atoms with Crippen molar-refractivity contribution in [2.24, 2.45) is 0 Å². The van der Waals surface area contributed by atoms with Gasteiger partial charge < -0.3 is 9.97 Å². The lowest BCUT2D eigenvalue weighted by Gasteiger charge is -2.20. The molecule has 0 amide bonds. The molecule has 4 fully saturated rings. The molecule has 0 aromatic carbocycles. The Bertz CT molecular complexity index is 2100. The van der Waals surface area contributed by atoms with Crippen molar-refractivity contribution in [3.63, 3.8) is 0 Å². The zero-order valence-corrected chi connectivity index (χ0v) is 32.8. The summed E-state index contributed by atoms with van der Waals surface area (Å²) in [4.78, 5) is 16.0. The molecule has 4 heteroatoms. The molecule has 282 valence electrons. The van der Waals surface area contributed by atoms with Crippen LogP contribution in [0.2, 0.25) is 0 Å². The van der Waals surface area contributed by atoms with Gasteiger partial charge in [-0.25, -0.2) is 9.97 Å². The first kappa shape index (κ1) is 36.2. The summed E-state index contributed by atoms with van der Waals surface area (Å²) in [6.07, 6.45) is 48.0. The number of allylic oxidation sites excluding steroid dienone is 16. The van der Waals surface area contributed by atoms with Crippen LogP contribution in [0.5, 0.6) is 0 Å². The van der Waals surface area contributed by atoms with E-state index in [9.17, 15) is 0 Å². The first-order valence-electron chi connectivity index (χ1n) is 21.1. The van der Waals surface area contributed by atoms with Crippen molar-refractivity contribution in [2.45, 2.75) is 103 Å². The topological polar surface area (TPSA) is 57.4 Å². The van der Waals surface area contributed by atoms with Crippen molar-refractivity contribution in [1.82, 2.24) is 19.9 Å². The molecule has 0 spiro atoms. The van der Waals surface area contributed by atoms with Crippen LogP contribution in [0.3, 0.4) is 0 Å². The van der Waals surface area contributed by atoms with Crippen molar-refractivity contribution < 1.29 is 0 Å². The molecular weight excluding hydrogens is 681 g/mol. The van der Waals surface area contributed by atoms with E-state index in [0.29, 0.717) is 0 Å². The van der Waals surface area contributed by atoms with Gasteiger partial charge in [-0.3, -0.25) is 0 Å². The number of H-pyrrole nitrogens is 2. The molecule has 16 bridgehead atoms. The van der Waals surface area contributed by atoms with Crippen LogP contribution in [-0.4, -0.2) is 19.9 Å². The van der Waals surface area contributed by atoms with Gasteiger partial charge in [0.15, 0.2) is 0 Å². The highest BCUT2D eigenvalue weighted by Gasteiger charge is 2.14. The second-order valence-corrected chi connectivity index (χ2v) is 16.5. The first-order valence-corrected chi connectivity index (χ1v) is 21.1. The highest BCUT2D eigenvalue weighted by Crippen LogP contribution is 2.34. The Kier molecular flexibility index (Phi) is 11.1. The molecule has 2 N–H and O–H groups in total. The summed E-state index contributed by atoms with van der Waals surface area (Å²) in [5.74, 6) is 0. The van der Waals surface area contributed by atoms with Crippen molar-refractivity contribution in [2.75, 3.05) is 0 Å². The van der Waals surface area contributed by atoms with Crippen LogP contribution in [0.25, 0.3) is 46.4 Å². The third kappa shape index (κ3) is 9.66. The summed E-state index contributed by atoms with van der Waals surface area (Å²) in [5, 5.41) is 0. The van der Waals surface area contributed by atoms with E-state index >= 15 is 0 Å². The monoisotopic (exact) mass is 734 g/mol.